The monoisotopic (exact) mass is 447 g/mol. The molecule has 0 heterocycles. The quantitative estimate of drug-likeness (QED) is 0.144. The number of unbranched alkanes of at least 4 members (excludes halogenated alkanes) is 12. The Morgan fingerprint density at radius 2 is 1.38 bits per heavy atom. The third-order valence-corrected chi connectivity index (χ3v) is 5.70. The lowest BCUT2D eigenvalue weighted by molar-refractivity contribution is -0.143. The standard InChI is InChI=1S/C28H49NO3/c1-4-5-6-7-8-9-12-15-21-28(30)32-23-17-14-11-10-13-16-22-31-27-20-18-19-26(24-27)25-29(2)3/h18-20,24H,4-17,21-23,25H2,1-3H3. The van der Waals surface area contributed by atoms with E-state index in [-0.39, 0.29) is 5.97 Å². The zero-order valence-corrected chi connectivity index (χ0v) is 21.2. The highest BCUT2D eigenvalue weighted by atomic mass is 16.5. The Morgan fingerprint density at radius 3 is 2.03 bits per heavy atom. The first-order chi connectivity index (χ1) is 15.6. The highest BCUT2D eigenvalue weighted by Gasteiger charge is 2.03. The molecule has 4 heteroatoms. The Bertz CT molecular complexity index is 574. The van der Waals surface area contributed by atoms with Crippen LogP contribution < -0.4 is 4.74 Å². The van der Waals surface area contributed by atoms with Crippen LogP contribution in [0.15, 0.2) is 24.3 Å². The van der Waals surface area contributed by atoms with Gasteiger partial charge in [-0.05, 0) is 51.1 Å². The predicted molar refractivity (Wildman–Crippen MR) is 135 cm³/mol. The maximum Gasteiger partial charge on any atom is 0.305 e. The molecule has 1 aromatic rings. The van der Waals surface area contributed by atoms with E-state index in [0.29, 0.717) is 13.0 Å². The minimum absolute atomic E-state index is 0.0113. The van der Waals surface area contributed by atoms with Crippen molar-refractivity contribution in [2.24, 2.45) is 0 Å². The number of hydrogen-bond donors (Lipinski definition) is 0. The van der Waals surface area contributed by atoms with Crippen LogP contribution in [-0.2, 0) is 16.1 Å². The number of hydrogen-bond acceptors (Lipinski definition) is 4. The van der Waals surface area contributed by atoms with E-state index in [4.69, 9.17) is 9.47 Å². The molecular formula is C28H49NO3. The summed E-state index contributed by atoms with van der Waals surface area (Å²) >= 11 is 0. The largest absolute Gasteiger partial charge is 0.494 e. The smallest absolute Gasteiger partial charge is 0.305 e. The van der Waals surface area contributed by atoms with Crippen LogP contribution in [0.1, 0.15) is 109 Å². The summed E-state index contributed by atoms with van der Waals surface area (Å²) in [5.74, 6) is 0.959. The third kappa shape index (κ3) is 17.1. The SMILES string of the molecule is CCCCCCCCCCC(=O)OCCCCCCCCOc1cccc(CN(C)C)c1. The fourth-order valence-electron chi connectivity index (χ4n) is 3.86. The molecule has 0 spiro atoms. The first kappa shape index (κ1) is 28.5. The van der Waals surface area contributed by atoms with Gasteiger partial charge in [0.25, 0.3) is 0 Å². The lowest BCUT2D eigenvalue weighted by Crippen LogP contribution is -2.10. The highest BCUT2D eigenvalue weighted by molar-refractivity contribution is 5.69. The Labute approximate surface area is 198 Å². The first-order valence-corrected chi connectivity index (χ1v) is 13.1. The summed E-state index contributed by atoms with van der Waals surface area (Å²) < 4.78 is 11.3. The average molecular weight is 448 g/mol. The molecule has 0 aliphatic heterocycles. The molecule has 0 saturated heterocycles. The summed E-state index contributed by atoms with van der Waals surface area (Å²) in [6, 6.07) is 8.38. The third-order valence-electron chi connectivity index (χ3n) is 5.70. The van der Waals surface area contributed by atoms with Crippen LogP contribution in [-0.4, -0.2) is 38.2 Å². The lowest BCUT2D eigenvalue weighted by atomic mass is 10.1. The van der Waals surface area contributed by atoms with E-state index in [1.807, 2.05) is 6.07 Å². The summed E-state index contributed by atoms with van der Waals surface area (Å²) in [4.78, 5) is 13.9. The molecule has 0 amide bonds. The molecule has 0 unspecified atom stereocenters. The molecule has 4 nitrogen and oxygen atoms in total. The normalized spacial score (nSPS) is 11.1. The molecule has 184 valence electrons. The predicted octanol–water partition coefficient (Wildman–Crippen LogP) is 7.54. The van der Waals surface area contributed by atoms with Crippen molar-refractivity contribution in [1.29, 1.82) is 0 Å². The number of rotatable bonds is 21. The summed E-state index contributed by atoms with van der Waals surface area (Å²) in [6.45, 7) is 4.55. The number of ether oxygens (including phenoxy) is 2. The highest BCUT2D eigenvalue weighted by Crippen LogP contribution is 2.15. The van der Waals surface area contributed by atoms with Crippen LogP contribution in [0, 0.1) is 0 Å². The first-order valence-electron chi connectivity index (χ1n) is 13.1. The zero-order valence-electron chi connectivity index (χ0n) is 21.2. The molecule has 0 radical (unpaired) electrons. The van der Waals surface area contributed by atoms with Gasteiger partial charge in [-0.1, -0.05) is 89.7 Å². The maximum absolute atomic E-state index is 11.8. The van der Waals surface area contributed by atoms with Gasteiger partial charge in [0.2, 0.25) is 0 Å². The van der Waals surface area contributed by atoms with Gasteiger partial charge in [0.05, 0.1) is 13.2 Å². The van der Waals surface area contributed by atoms with E-state index < -0.39 is 0 Å². The second kappa shape index (κ2) is 20.1. The Morgan fingerprint density at radius 1 is 0.781 bits per heavy atom. The molecule has 0 bridgehead atoms. The van der Waals surface area contributed by atoms with Crippen LogP contribution in [0.2, 0.25) is 0 Å². The number of nitrogens with zero attached hydrogens (tertiary/aromatic N) is 1. The molecule has 0 aliphatic rings. The molecule has 0 aromatic heterocycles. The van der Waals surface area contributed by atoms with E-state index in [9.17, 15) is 4.79 Å². The van der Waals surface area contributed by atoms with Crippen LogP contribution in [0.25, 0.3) is 0 Å². The van der Waals surface area contributed by atoms with Gasteiger partial charge in [0.15, 0.2) is 0 Å². The van der Waals surface area contributed by atoms with Crippen molar-refractivity contribution in [1.82, 2.24) is 4.90 Å². The van der Waals surface area contributed by atoms with E-state index in [1.165, 1.54) is 63.4 Å². The van der Waals surface area contributed by atoms with Gasteiger partial charge in [-0.15, -0.1) is 0 Å². The van der Waals surface area contributed by atoms with Gasteiger partial charge in [-0.2, -0.15) is 0 Å². The molecule has 1 rings (SSSR count). The molecule has 0 fully saturated rings. The van der Waals surface area contributed by atoms with E-state index >= 15 is 0 Å². The van der Waals surface area contributed by atoms with Crippen molar-refractivity contribution in [3.8, 4) is 5.75 Å². The van der Waals surface area contributed by atoms with Crippen LogP contribution in [0.4, 0.5) is 0 Å². The van der Waals surface area contributed by atoms with Gasteiger partial charge in [-0.25, -0.2) is 0 Å². The fourth-order valence-corrected chi connectivity index (χ4v) is 3.86. The Kier molecular flexibility index (Phi) is 17.9. The molecule has 0 atom stereocenters. The van der Waals surface area contributed by atoms with E-state index in [0.717, 1.165) is 51.0 Å². The van der Waals surface area contributed by atoms with Crippen molar-refractivity contribution < 1.29 is 14.3 Å². The Balaban J connectivity index is 1.86. The second-order valence-corrected chi connectivity index (χ2v) is 9.30. The Hall–Kier alpha value is -1.55. The van der Waals surface area contributed by atoms with Crippen LogP contribution in [0.3, 0.4) is 0 Å². The van der Waals surface area contributed by atoms with Gasteiger partial charge < -0.3 is 14.4 Å². The topological polar surface area (TPSA) is 38.8 Å². The van der Waals surface area contributed by atoms with E-state index in [2.05, 4.69) is 44.1 Å². The summed E-state index contributed by atoms with van der Waals surface area (Å²) in [5, 5.41) is 0. The van der Waals surface area contributed by atoms with Gasteiger partial charge in [-0.3, -0.25) is 4.79 Å². The minimum Gasteiger partial charge on any atom is -0.494 e. The minimum atomic E-state index is -0.0113. The van der Waals surface area contributed by atoms with Gasteiger partial charge in [0, 0.05) is 13.0 Å². The molecule has 0 N–H and O–H groups in total. The molecule has 0 aliphatic carbocycles. The molecular weight excluding hydrogens is 398 g/mol. The van der Waals surface area contributed by atoms with Crippen molar-refractivity contribution in [2.75, 3.05) is 27.3 Å². The zero-order chi connectivity index (χ0) is 23.3. The fraction of sp³-hybridized carbons (Fsp3) is 0.750. The van der Waals surface area contributed by atoms with Crippen molar-refractivity contribution in [3.63, 3.8) is 0 Å². The van der Waals surface area contributed by atoms with Gasteiger partial charge in [0.1, 0.15) is 5.75 Å². The summed E-state index contributed by atoms with van der Waals surface area (Å²) in [5.41, 5.74) is 1.28. The van der Waals surface area contributed by atoms with Crippen LogP contribution in [0.5, 0.6) is 5.75 Å². The molecule has 0 saturated carbocycles. The molecule has 1 aromatic carbocycles. The number of carbonyl (C=O) groups is 1. The van der Waals surface area contributed by atoms with Crippen molar-refractivity contribution >= 4 is 5.97 Å². The number of carbonyl (C=O) groups excluding carboxylic acids is 1. The van der Waals surface area contributed by atoms with Crippen molar-refractivity contribution in [3.05, 3.63) is 29.8 Å². The van der Waals surface area contributed by atoms with Crippen molar-refractivity contribution in [2.45, 2.75) is 110 Å². The van der Waals surface area contributed by atoms with Gasteiger partial charge >= 0.3 is 5.97 Å². The summed E-state index contributed by atoms with van der Waals surface area (Å²) in [6.07, 6.45) is 17.5. The number of esters is 1. The molecule has 32 heavy (non-hydrogen) atoms. The maximum atomic E-state index is 11.8. The lowest BCUT2D eigenvalue weighted by Gasteiger charge is -2.11. The van der Waals surface area contributed by atoms with Crippen LogP contribution >= 0.6 is 0 Å². The number of benzene rings is 1. The average Bonchev–Trinajstić information content (AvgIpc) is 2.76. The van der Waals surface area contributed by atoms with E-state index in [1.54, 1.807) is 0 Å². The summed E-state index contributed by atoms with van der Waals surface area (Å²) in [7, 11) is 4.16. The second-order valence-electron chi connectivity index (χ2n) is 9.30.